The van der Waals surface area contributed by atoms with Crippen molar-refractivity contribution in [3.05, 3.63) is 0 Å². The fourth-order valence-corrected chi connectivity index (χ4v) is 4.46. The Morgan fingerprint density at radius 3 is 2.24 bits per heavy atom. The zero-order valence-corrected chi connectivity index (χ0v) is 12.0. The fraction of sp³-hybridized carbons (Fsp3) is 1.00. The van der Waals surface area contributed by atoms with Crippen LogP contribution in [0.3, 0.4) is 0 Å². The van der Waals surface area contributed by atoms with Crippen molar-refractivity contribution in [3.63, 3.8) is 0 Å². The SMILES string of the molecule is CCN(CC(C)(C)O)S(=O)(=O)CC1CCCC1. The molecule has 0 spiro atoms. The predicted octanol–water partition coefficient (Wildman–Crippen LogP) is 1.60. The summed E-state index contributed by atoms with van der Waals surface area (Å²) in [7, 11) is -3.22. The number of rotatable bonds is 6. The molecule has 0 aliphatic heterocycles. The van der Waals surface area contributed by atoms with Gasteiger partial charge in [0.1, 0.15) is 0 Å². The van der Waals surface area contributed by atoms with Crippen LogP contribution in [-0.4, -0.2) is 42.3 Å². The molecule has 1 rings (SSSR count). The van der Waals surface area contributed by atoms with Crippen LogP contribution in [0.2, 0.25) is 0 Å². The van der Waals surface area contributed by atoms with E-state index in [1.54, 1.807) is 13.8 Å². The Balaban J connectivity index is 2.65. The molecule has 0 atom stereocenters. The molecule has 4 nitrogen and oxygen atoms in total. The van der Waals surface area contributed by atoms with Gasteiger partial charge in [0.15, 0.2) is 0 Å². The molecule has 102 valence electrons. The van der Waals surface area contributed by atoms with Gasteiger partial charge < -0.3 is 5.11 Å². The van der Waals surface area contributed by atoms with Crippen molar-refractivity contribution in [3.8, 4) is 0 Å². The van der Waals surface area contributed by atoms with Crippen LogP contribution in [-0.2, 0) is 10.0 Å². The number of nitrogens with zero attached hydrogens (tertiary/aromatic N) is 1. The zero-order chi connectivity index (χ0) is 13.1. The molecule has 5 heteroatoms. The third kappa shape index (κ3) is 4.94. The van der Waals surface area contributed by atoms with Crippen LogP contribution in [0.4, 0.5) is 0 Å². The molecule has 0 saturated heterocycles. The Labute approximate surface area is 105 Å². The van der Waals surface area contributed by atoms with Crippen LogP contribution < -0.4 is 0 Å². The summed E-state index contributed by atoms with van der Waals surface area (Å²) in [6.45, 7) is 5.71. The quantitative estimate of drug-likeness (QED) is 0.792. The van der Waals surface area contributed by atoms with Gasteiger partial charge in [0, 0.05) is 13.1 Å². The molecule has 1 N–H and O–H groups in total. The molecular weight excluding hydrogens is 238 g/mol. The molecule has 1 saturated carbocycles. The lowest BCUT2D eigenvalue weighted by Gasteiger charge is -2.28. The second kappa shape index (κ2) is 5.67. The molecule has 17 heavy (non-hydrogen) atoms. The highest BCUT2D eigenvalue weighted by atomic mass is 32.2. The topological polar surface area (TPSA) is 57.6 Å². The van der Waals surface area contributed by atoms with Gasteiger partial charge in [-0.25, -0.2) is 8.42 Å². The number of hydrogen-bond donors (Lipinski definition) is 1. The van der Waals surface area contributed by atoms with Crippen molar-refractivity contribution in [2.24, 2.45) is 5.92 Å². The molecule has 1 aliphatic carbocycles. The summed E-state index contributed by atoms with van der Waals surface area (Å²) in [6, 6.07) is 0. The van der Waals surface area contributed by atoms with Crippen LogP contribution in [0.1, 0.15) is 46.5 Å². The lowest BCUT2D eigenvalue weighted by Crippen LogP contribution is -2.43. The van der Waals surface area contributed by atoms with Crippen LogP contribution in [0.25, 0.3) is 0 Å². The first-order valence-corrected chi connectivity index (χ1v) is 8.06. The van der Waals surface area contributed by atoms with Crippen LogP contribution in [0.15, 0.2) is 0 Å². The van der Waals surface area contributed by atoms with E-state index in [9.17, 15) is 13.5 Å². The summed E-state index contributed by atoms with van der Waals surface area (Å²) < 4.78 is 25.8. The van der Waals surface area contributed by atoms with E-state index in [1.165, 1.54) is 4.31 Å². The van der Waals surface area contributed by atoms with Crippen molar-refractivity contribution < 1.29 is 13.5 Å². The fourth-order valence-electron chi connectivity index (χ4n) is 2.42. The summed E-state index contributed by atoms with van der Waals surface area (Å²) in [6.07, 6.45) is 4.36. The average molecular weight is 263 g/mol. The van der Waals surface area contributed by atoms with Gasteiger partial charge in [-0.05, 0) is 32.6 Å². The van der Waals surface area contributed by atoms with Gasteiger partial charge in [-0.1, -0.05) is 19.8 Å². The first kappa shape index (κ1) is 14.9. The van der Waals surface area contributed by atoms with Crippen molar-refractivity contribution in [1.29, 1.82) is 0 Å². The lowest BCUT2D eigenvalue weighted by molar-refractivity contribution is 0.0600. The normalized spacial score (nSPS) is 19.1. The van der Waals surface area contributed by atoms with Gasteiger partial charge in [-0.3, -0.25) is 0 Å². The van der Waals surface area contributed by atoms with Crippen molar-refractivity contribution >= 4 is 10.0 Å². The van der Waals surface area contributed by atoms with E-state index in [0.29, 0.717) is 12.5 Å². The smallest absolute Gasteiger partial charge is 0.214 e. The van der Waals surface area contributed by atoms with E-state index in [0.717, 1.165) is 25.7 Å². The highest BCUT2D eigenvalue weighted by molar-refractivity contribution is 7.89. The zero-order valence-electron chi connectivity index (χ0n) is 11.1. The maximum absolute atomic E-state index is 12.2. The number of likely N-dealkylation sites (N-methyl/N-ethyl adjacent to an activating group) is 1. The third-order valence-electron chi connectivity index (χ3n) is 3.23. The Morgan fingerprint density at radius 2 is 1.82 bits per heavy atom. The second-order valence-corrected chi connectivity index (χ2v) is 7.68. The lowest BCUT2D eigenvalue weighted by atomic mass is 10.1. The molecule has 0 unspecified atom stereocenters. The van der Waals surface area contributed by atoms with E-state index < -0.39 is 15.6 Å². The molecule has 1 fully saturated rings. The van der Waals surface area contributed by atoms with E-state index in [1.807, 2.05) is 6.92 Å². The summed E-state index contributed by atoms with van der Waals surface area (Å²) in [5, 5.41) is 9.74. The first-order chi connectivity index (χ1) is 7.74. The van der Waals surface area contributed by atoms with E-state index in [2.05, 4.69) is 0 Å². The predicted molar refractivity (Wildman–Crippen MR) is 69.3 cm³/mol. The Kier molecular flexibility index (Phi) is 4.98. The van der Waals surface area contributed by atoms with Gasteiger partial charge >= 0.3 is 0 Å². The van der Waals surface area contributed by atoms with Crippen LogP contribution >= 0.6 is 0 Å². The Bertz CT molecular complexity index is 326. The summed E-state index contributed by atoms with van der Waals surface area (Å²) in [5.41, 5.74) is -0.973. The molecule has 0 amide bonds. The minimum atomic E-state index is -3.22. The van der Waals surface area contributed by atoms with Crippen molar-refractivity contribution in [1.82, 2.24) is 4.31 Å². The monoisotopic (exact) mass is 263 g/mol. The molecule has 0 bridgehead atoms. The molecule has 0 aromatic heterocycles. The summed E-state index contributed by atoms with van der Waals surface area (Å²) >= 11 is 0. The van der Waals surface area contributed by atoms with Gasteiger partial charge in [0.25, 0.3) is 0 Å². The van der Waals surface area contributed by atoms with Gasteiger partial charge in [0.2, 0.25) is 10.0 Å². The maximum atomic E-state index is 12.2. The number of sulfonamides is 1. The standard InChI is InChI=1S/C12H25NO3S/c1-4-13(10-12(2,3)14)17(15,16)9-11-7-5-6-8-11/h11,14H,4-10H2,1-3H3. The second-order valence-electron chi connectivity index (χ2n) is 5.67. The minimum absolute atomic E-state index is 0.179. The molecule has 0 radical (unpaired) electrons. The van der Waals surface area contributed by atoms with Crippen molar-refractivity contribution in [2.45, 2.75) is 52.1 Å². The molecule has 0 heterocycles. The highest BCUT2D eigenvalue weighted by Gasteiger charge is 2.30. The molecule has 0 aromatic rings. The highest BCUT2D eigenvalue weighted by Crippen LogP contribution is 2.27. The Hall–Kier alpha value is -0.130. The molecule has 0 aromatic carbocycles. The largest absolute Gasteiger partial charge is 0.389 e. The van der Waals surface area contributed by atoms with E-state index in [-0.39, 0.29) is 12.3 Å². The average Bonchev–Trinajstić information content (AvgIpc) is 2.64. The number of aliphatic hydroxyl groups is 1. The molecule has 1 aliphatic rings. The van der Waals surface area contributed by atoms with Crippen LogP contribution in [0.5, 0.6) is 0 Å². The van der Waals surface area contributed by atoms with Crippen LogP contribution in [0, 0.1) is 5.92 Å². The van der Waals surface area contributed by atoms with Gasteiger partial charge in [-0.2, -0.15) is 4.31 Å². The summed E-state index contributed by atoms with van der Waals surface area (Å²) in [5.74, 6) is 0.563. The van der Waals surface area contributed by atoms with E-state index in [4.69, 9.17) is 0 Å². The van der Waals surface area contributed by atoms with Gasteiger partial charge in [-0.15, -0.1) is 0 Å². The molecular formula is C12H25NO3S. The minimum Gasteiger partial charge on any atom is -0.389 e. The van der Waals surface area contributed by atoms with Crippen molar-refractivity contribution in [2.75, 3.05) is 18.8 Å². The number of hydrogen-bond acceptors (Lipinski definition) is 3. The van der Waals surface area contributed by atoms with Gasteiger partial charge in [0.05, 0.1) is 11.4 Å². The summed E-state index contributed by atoms with van der Waals surface area (Å²) in [4.78, 5) is 0. The third-order valence-corrected chi connectivity index (χ3v) is 5.30. The van der Waals surface area contributed by atoms with E-state index >= 15 is 0 Å². The maximum Gasteiger partial charge on any atom is 0.214 e. The Morgan fingerprint density at radius 1 is 1.29 bits per heavy atom. The first-order valence-electron chi connectivity index (χ1n) is 6.45.